The Labute approximate surface area is 118 Å². The predicted molar refractivity (Wildman–Crippen MR) is 76.1 cm³/mol. The number of furan rings is 1. The van der Waals surface area contributed by atoms with Crippen molar-refractivity contribution in [1.82, 2.24) is 0 Å². The quantitative estimate of drug-likeness (QED) is 0.915. The highest BCUT2D eigenvalue weighted by molar-refractivity contribution is 9.10. The number of benzene rings is 1. The summed E-state index contributed by atoms with van der Waals surface area (Å²) in [7, 11) is 0. The number of primary amides is 1. The number of nitrogens with two attached hydrogens (primary N) is 1. The van der Waals surface area contributed by atoms with Gasteiger partial charge < -0.3 is 10.2 Å². The van der Waals surface area contributed by atoms with Gasteiger partial charge in [0, 0.05) is 4.47 Å². The van der Waals surface area contributed by atoms with Gasteiger partial charge in [0.1, 0.15) is 11.0 Å². The third-order valence-electron chi connectivity index (χ3n) is 2.40. The summed E-state index contributed by atoms with van der Waals surface area (Å²) < 4.78 is 6.22. The van der Waals surface area contributed by atoms with Gasteiger partial charge in [0.2, 0.25) is 5.91 Å². The van der Waals surface area contributed by atoms with E-state index in [0.29, 0.717) is 5.75 Å². The van der Waals surface area contributed by atoms with E-state index in [1.54, 1.807) is 6.26 Å². The van der Waals surface area contributed by atoms with Crippen molar-refractivity contribution in [3.63, 3.8) is 0 Å². The van der Waals surface area contributed by atoms with E-state index in [1.807, 2.05) is 36.4 Å². The van der Waals surface area contributed by atoms with Crippen LogP contribution in [0.1, 0.15) is 16.6 Å². The van der Waals surface area contributed by atoms with Crippen molar-refractivity contribution >= 4 is 33.6 Å². The second-order valence-electron chi connectivity index (χ2n) is 3.72. The van der Waals surface area contributed by atoms with E-state index in [4.69, 9.17) is 10.2 Å². The molecule has 1 atom stereocenters. The Hall–Kier alpha value is -1.20. The molecule has 0 aliphatic carbocycles. The summed E-state index contributed by atoms with van der Waals surface area (Å²) >= 11 is 4.83. The topological polar surface area (TPSA) is 56.2 Å². The molecule has 2 rings (SSSR count). The molecule has 1 amide bonds. The lowest BCUT2D eigenvalue weighted by Crippen LogP contribution is -2.19. The van der Waals surface area contributed by atoms with Gasteiger partial charge in [-0.1, -0.05) is 28.1 Å². The molecule has 94 valence electrons. The fourth-order valence-corrected chi connectivity index (χ4v) is 2.81. The molecule has 18 heavy (non-hydrogen) atoms. The number of rotatable bonds is 5. The third kappa shape index (κ3) is 3.40. The fourth-order valence-electron chi connectivity index (χ4n) is 1.54. The third-order valence-corrected chi connectivity index (χ3v) is 4.22. The van der Waals surface area contributed by atoms with Gasteiger partial charge in [-0.25, -0.2) is 0 Å². The van der Waals surface area contributed by atoms with Gasteiger partial charge in [-0.15, -0.1) is 11.8 Å². The molecule has 0 fully saturated rings. The zero-order valence-corrected chi connectivity index (χ0v) is 11.9. The monoisotopic (exact) mass is 325 g/mol. The molecular weight excluding hydrogens is 314 g/mol. The van der Waals surface area contributed by atoms with Gasteiger partial charge in [0.15, 0.2) is 0 Å². The maximum absolute atomic E-state index is 11.5. The number of hydrogen-bond donors (Lipinski definition) is 1. The lowest BCUT2D eigenvalue weighted by molar-refractivity contribution is -0.117. The van der Waals surface area contributed by atoms with Crippen LogP contribution >= 0.6 is 27.7 Å². The molecule has 3 nitrogen and oxygen atoms in total. The molecule has 0 aliphatic heterocycles. The SMILES string of the molecule is NC(=O)[C@H](SCc1ccco1)c1ccc(Br)cc1. The molecular formula is C13H12BrNO2S. The van der Waals surface area contributed by atoms with Gasteiger partial charge in [-0.2, -0.15) is 0 Å². The standard InChI is InChI=1S/C13H12BrNO2S/c14-10-5-3-9(4-6-10)12(13(15)16)18-8-11-2-1-7-17-11/h1-7,12H,8H2,(H2,15,16)/t12-/m1/s1. The van der Waals surface area contributed by atoms with Crippen molar-refractivity contribution in [2.45, 2.75) is 11.0 Å². The molecule has 2 aromatic rings. The van der Waals surface area contributed by atoms with E-state index in [9.17, 15) is 4.79 Å². The van der Waals surface area contributed by atoms with Crippen LogP contribution in [0.3, 0.4) is 0 Å². The molecule has 1 heterocycles. The summed E-state index contributed by atoms with van der Waals surface area (Å²) in [6.07, 6.45) is 1.62. The highest BCUT2D eigenvalue weighted by Crippen LogP contribution is 2.32. The normalized spacial score (nSPS) is 12.3. The lowest BCUT2D eigenvalue weighted by Gasteiger charge is -2.12. The molecule has 0 spiro atoms. The fraction of sp³-hybridized carbons (Fsp3) is 0.154. The smallest absolute Gasteiger partial charge is 0.235 e. The number of thioether (sulfide) groups is 1. The first-order chi connectivity index (χ1) is 8.66. The van der Waals surface area contributed by atoms with E-state index in [2.05, 4.69) is 15.9 Å². The molecule has 0 saturated carbocycles. The number of halogens is 1. The molecule has 1 aromatic heterocycles. The van der Waals surface area contributed by atoms with Gasteiger partial charge in [0.05, 0.1) is 12.0 Å². The van der Waals surface area contributed by atoms with E-state index in [0.717, 1.165) is 15.8 Å². The van der Waals surface area contributed by atoms with E-state index in [1.165, 1.54) is 11.8 Å². The molecule has 2 N–H and O–H groups in total. The number of carbonyl (C=O) groups is 1. The first-order valence-electron chi connectivity index (χ1n) is 5.35. The van der Waals surface area contributed by atoms with Gasteiger partial charge in [-0.3, -0.25) is 4.79 Å². The molecule has 0 unspecified atom stereocenters. The van der Waals surface area contributed by atoms with E-state index in [-0.39, 0.29) is 11.2 Å². The van der Waals surface area contributed by atoms with E-state index >= 15 is 0 Å². The molecule has 0 aliphatic rings. The van der Waals surface area contributed by atoms with E-state index < -0.39 is 0 Å². The Morgan fingerprint density at radius 3 is 2.61 bits per heavy atom. The summed E-state index contributed by atoms with van der Waals surface area (Å²) in [6, 6.07) is 11.3. The molecule has 0 radical (unpaired) electrons. The first-order valence-corrected chi connectivity index (χ1v) is 7.20. The van der Waals surface area contributed by atoms with Crippen LogP contribution in [-0.4, -0.2) is 5.91 Å². The Morgan fingerprint density at radius 1 is 1.33 bits per heavy atom. The van der Waals surface area contributed by atoms with Crippen molar-refractivity contribution in [1.29, 1.82) is 0 Å². The van der Waals surface area contributed by atoms with Crippen molar-refractivity contribution in [2.75, 3.05) is 0 Å². The maximum atomic E-state index is 11.5. The zero-order chi connectivity index (χ0) is 13.0. The van der Waals surface area contributed by atoms with Crippen molar-refractivity contribution < 1.29 is 9.21 Å². The van der Waals surface area contributed by atoms with Gasteiger partial charge in [-0.05, 0) is 29.8 Å². The van der Waals surface area contributed by atoms with Crippen molar-refractivity contribution in [2.24, 2.45) is 5.73 Å². The molecule has 0 saturated heterocycles. The van der Waals surface area contributed by atoms with Crippen molar-refractivity contribution in [3.05, 3.63) is 58.5 Å². The molecule has 0 bridgehead atoms. The Morgan fingerprint density at radius 2 is 2.06 bits per heavy atom. The highest BCUT2D eigenvalue weighted by atomic mass is 79.9. The second-order valence-corrected chi connectivity index (χ2v) is 5.73. The first kappa shape index (κ1) is 13.2. The molecule has 1 aromatic carbocycles. The minimum Gasteiger partial charge on any atom is -0.468 e. The van der Waals surface area contributed by atoms with Crippen LogP contribution in [0.15, 0.2) is 51.6 Å². The minimum atomic E-state index is -0.358. The van der Waals surface area contributed by atoms with Crippen LogP contribution in [-0.2, 0) is 10.5 Å². The number of carbonyl (C=O) groups excluding carboxylic acids is 1. The summed E-state index contributed by atoms with van der Waals surface area (Å²) in [4.78, 5) is 11.5. The lowest BCUT2D eigenvalue weighted by atomic mass is 10.1. The minimum absolute atomic E-state index is 0.339. The number of amides is 1. The Kier molecular flexibility index (Phi) is 4.49. The van der Waals surface area contributed by atoms with Gasteiger partial charge >= 0.3 is 0 Å². The molecule has 5 heteroatoms. The zero-order valence-electron chi connectivity index (χ0n) is 9.51. The summed E-state index contributed by atoms with van der Waals surface area (Å²) in [5.41, 5.74) is 6.35. The van der Waals surface area contributed by atoms with Crippen molar-refractivity contribution in [3.8, 4) is 0 Å². The maximum Gasteiger partial charge on any atom is 0.235 e. The predicted octanol–water partition coefficient (Wildman–Crippen LogP) is 3.50. The Bertz CT molecular complexity index is 510. The average molecular weight is 326 g/mol. The van der Waals surface area contributed by atoms with Crippen LogP contribution in [0, 0.1) is 0 Å². The summed E-state index contributed by atoms with van der Waals surface area (Å²) in [5, 5.41) is -0.358. The largest absolute Gasteiger partial charge is 0.468 e. The number of hydrogen-bond acceptors (Lipinski definition) is 3. The van der Waals surface area contributed by atoms with Crippen LogP contribution in [0.4, 0.5) is 0 Å². The van der Waals surface area contributed by atoms with Crippen LogP contribution in [0.5, 0.6) is 0 Å². The average Bonchev–Trinajstić information content (AvgIpc) is 2.84. The van der Waals surface area contributed by atoms with Gasteiger partial charge in [0.25, 0.3) is 0 Å². The van der Waals surface area contributed by atoms with Crippen LogP contribution in [0.2, 0.25) is 0 Å². The Balaban J connectivity index is 2.08. The highest BCUT2D eigenvalue weighted by Gasteiger charge is 2.18. The van der Waals surface area contributed by atoms with Crippen LogP contribution in [0.25, 0.3) is 0 Å². The summed E-state index contributed by atoms with van der Waals surface area (Å²) in [6.45, 7) is 0. The van der Waals surface area contributed by atoms with Crippen LogP contribution < -0.4 is 5.73 Å². The second kappa shape index (κ2) is 6.11. The summed E-state index contributed by atoms with van der Waals surface area (Å²) in [5.74, 6) is 1.12.